The van der Waals surface area contributed by atoms with Crippen molar-refractivity contribution in [2.75, 3.05) is 13.7 Å². The van der Waals surface area contributed by atoms with Crippen LogP contribution in [0.3, 0.4) is 0 Å². The first-order valence-corrected chi connectivity index (χ1v) is 22.5. The molecule has 0 bridgehead atoms. The second-order valence-corrected chi connectivity index (χ2v) is 16.1. The third-order valence-corrected chi connectivity index (χ3v) is 11.5. The first kappa shape index (κ1) is 46.8. The fraction of sp³-hybridized carbons (Fsp3) is 0.787. The Morgan fingerprint density at radius 3 is 1.49 bits per heavy atom. The van der Waals surface area contributed by atoms with Crippen molar-refractivity contribution in [3.8, 4) is 5.75 Å². The van der Waals surface area contributed by atoms with Gasteiger partial charge in [-0.3, -0.25) is 9.59 Å². The lowest BCUT2D eigenvalue weighted by Gasteiger charge is -2.29. The number of phenols is 1. The number of aliphatic hydroxyl groups excluding tert-OH is 1. The average Bonchev–Trinajstić information content (AvgIpc) is 3.41. The fourth-order valence-electron chi connectivity index (χ4n) is 8.18. The van der Waals surface area contributed by atoms with Gasteiger partial charge < -0.3 is 19.8 Å². The van der Waals surface area contributed by atoms with E-state index >= 15 is 0 Å². The van der Waals surface area contributed by atoms with Crippen LogP contribution in [0.15, 0.2) is 36.0 Å². The number of nitrogens with zero attached hydrogens (tertiary/aromatic N) is 1. The van der Waals surface area contributed by atoms with E-state index in [2.05, 4.69) is 18.7 Å². The van der Waals surface area contributed by atoms with Crippen LogP contribution in [0.1, 0.15) is 206 Å². The van der Waals surface area contributed by atoms with Gasteiger partial charge in [0.25, 0.3) is 0 Å². The molecular formula is C47H81NO5. The summed E-state index contributed by atoms with van der Waals surface area (Å²) in [6.07, 6.45) is 37.0. The van der Waals surface area contributed by atoms with Crippen LogP contribution in [0.25, 0.3) is 0 Å². The monoisotopic (exact) mass is 740 g/mol. The Morgan fingerprint density at radius 2 is 1.06 bits per heavy atom. The Balaban J connectivity index is 1.86. The summed E-state index contributed by atoms with van der Waals surface area (Å²) in [5, 5.41) is 21.4. The molecule has 0 aliphatic carbocycles. The molecule has 1 aromatic carbocycles. The normalized spacial score (nSPS) is 17.9. The minimum absolute atomic E-state index is 0.0258. The number of carbonyl (C=O) groups is 2. The molecule has 6 nitrogen and oxygen atoms in total. The van der Waals surface area contributed by atoms with Gasteiger partial charge >= 0.3 is 5.97 Å². The highest BCUT2D eigenvalue weighted by atomic mass is 16.5. The van der Waals surface area contributed by atoms with Crippen molar-refractivity contribution < 1.29 is 24.5 Å². The Hall–Kier alpha value is -2.34. The molecule has 2 N–H and O–H groups in total. The predicted molar refractivity (Wildman–Crippen MR) is 222 cm³/mol. The highest BCUT2D eigenvalue weighted by molar-refractivity contribution is 5.90. The van der Waals surface area contributed by atoms with Crippen LogP contribution >= 0.6 is 0 Å². The van der Waals surface area contributed by atoms with Gasteiger partial charge in [0.15, 0.2) is 5.78 Å². The van der Waals surface area contributed by atoms with Crippen molar-refractivity contribution in [3.05, 3.63) is 41.6 Å². The lowest BCUT2D eigenvalue weighted by Crippen LogP contribution is -2.38. The van der Waals surface area contributed by atoms with Crippen LogP contribution in [0, 0.1) is 5.92 Å². The van der Waals surface area contributed by atoms with Crippen LogP contribution in [-0.2, 0) is 20.7 Å². The number of methoxy groups -OCH3 is 1. The number of rotatable bonds is 34. The summed E-state index contributed by atoms with van der Waals surface area (Å²) in [6.45, 7) is 5.12. The van der Waals surface area contributed by atoms with E-state index in [9.17, 15) is 19.8 Å². The van der Waals surface area contributed by atoms with Gasteiger partial charge in [-0.2, -0.15) is 0 Å². The van der Waals surface area contributed by atoms with E-state index < -0.39 is 18.0 Å². The molecule has 1 heterocycles. The molecule has 0 aromatic heterocycles. The minimum Gasteiger partial charge on any atom is -0.508 e. The smallest absolute Gasteiger partial charge is 0.313 e. The minimum atomic E-state index is -1.06. The average molecular weight is 740 g/mol. The second kappa shape index (κ2) is 30.9. The van der Waals surface area contributed by atoms with E-state index in [4.69, 9.17) is 4.74 Å². The van der Waals surface area contributed by atoms with Crippen molar-refractivity contribution in [1.29, 1.82) is 0 Å². The van der Waals surface area contributed by atoms with Crippen LogP contribution < -0.4 is 0 Å². The third-order valence-electron chi connectivity index (χ3n) is 11.5. The number of likely N-dealkylation sites (tertiary alicyclic amines) is 1. The lowest BCUT2D eigenvalue weighted by molar-refractivity contribution is -0.149. The topological polar surface area (TPSA) is 87.1 Å². The van der Waals surface area contributed by atoms with Crippen molar-refractivity contribution in [2.24, 2.45) is 5.92 Å². The molecule has 0 amide bonds. The number of aromatic hydroxyl groups is 1. The molecule has 1 aromatic rings. The highest BCUT2D eigenvalue weighted by Crippen LogP contribution is 2.37. The van der Waals surface area contributed by atoms with Gasteiger partial charge in [0.1, 0.15) is 17.8 Å². The Labute approximate surface area is 325 Å². The molecule has 1 aliphatic heterocycles. The largest absolute Gasteiger partial charge is 0.508 e. The van der Waals surface area contributed by atoms with Crippen molar-refractivity contribution in [2.45, 2.75) is 219 Å². The summed E-state index contributed by atoms with van der Waals surface area (Å²) in [7, 11) is 1.39. The van der Waals surface area contributed by atoms with Gasteiger partial charge in [-0.25, -0.2) is 0 Å². The fourth-order valence-corrected chi connectivity index (χ4v) is 8.18. The maximum atomic E-state index is 13.3. The van der Waals surface area contributed by atoms with E-state index in [0.29, 0.717) is 25.1 Å². The maximum Gasteiger partial charge on any atom is 0.313 e. The number of allylic oxidation sites excluding steroid dienone is 1. The van der Waals surface area contributed by atoms with Gasteiger partial charge in [0, 0.05) is 30.8 Å². The number of ether oxygens (including phenoxy) is 1. The Bertz CT molecular complexity index is 1080. The first-order valence-electron chi connectivity index (χ1n) is 22.5. The van der Waals surface area contributed by atoms with Crippen molar-refractivity contribution in [3.63, 3.8) is 0 Å². The number of carbonyl (C=O) groups excluding carboxylic acids is 2. The molecule has 6 heteroatoms. The van der Waals surface area contributed by atoms with Crippen LogP contribution in [0.4, 0.5) is 0 Å². The third kappa shape index (κ3) is 20.8. The quantitative estimate of drug-likeness (QED) is 0.0416. The van der Waals surface area contributed by atoms with E-state index in [1.807, 2.05) is 12.1 Å². The second-order valence-electron chi connectivity index (χ2n) is 16.1. The molecular weight excluding hydrogens is 659 g/mol. The van der Waals surface area contributed by atoms with Crippen LogP contribution in [-0.4, -0.2) is 52.7 Å². The molecule has 1 saturated heterocycles. The van der Waals surface area contributed by atoms with Gasteiger partial charge in [-0.15, -0.1) is 0 Å². The molecule has 0 saturated carbocycles. The lowest BCUT2D eigenvalue weighted by atomic mass is 9.92. The molecule has 1 aliphatic rings. The number of benzene rings is 1. The van der Waals surface area contributed by atoms with Gasteiger partial charge in [0.05, 0.1) is 7.11 Å². The molecule has 0 spiro atoms. The molecule has 53 heavy (non-hydrogen) atoms. The number of unbranched alkanes of at least 4 members (excludes halogenated alkanes) is 25. The molecule has 304 valence electrons. The van der Waals surface area contributed by atoms with Crippen molar-refractivity contribution in [1.82, 2.24) is 4.90 Å². The molecule has 3 atom stereocenters. The first-order chi connectivity index (χ1) is 25.9. The highest BCUT2D eigenvalue weighted by Gasteiger charge is 2.48. The number of hydrogen-bond acceptors (Lipinski definition) is 6. The molecule has 0 radical (unpaired) electrons. The zero-order chi connectivity index (χ0) is 38.4. The van der Waals surface area contributed by atoms with E-state index in [1.54, 1.807) is 18.2 Å². The number of phenolic OH excluding ortho intramolecular Hbond substituents is 1. The van der Waals surface area contributed by atoms with Crippen LogP contribution in [0.2, 0.25) is 0 Å². The molecule has 0 unspecified atom stereocenters. The van der Waals surface area contributed by atoms with Crippen molar-refractivity contribution >= 4 is 11.8 Å². The maximum absolute atomic E-state index is 13.3. The summed E-state index contributed by atoms with van der Waals surface area (Å²) in [4.78, 5) is 28.6. The predicted octanol–water partition coefficient (Wildman–Crippen LogP) is 12.6. The summed E-state index contributed by atoms with van der Waals surface area (Å²) < 4.78 is 5.22. The van der Waals surface area contributed by atoms with Crippen LogP contribution in [0.5, 0.6) is 5.75 Å². The Morgan fingerprint density at radius 1 is 0.642 bits per heavy atom. The van der Waals surface area contributed by atoms with E-state index in [1.165, 1.54) is 148 Å². The SMILES string of the molecule is CCCCCCCCCCCCCCCCC(=O)/C=C1\[C@H](O)[C@@H](C(=O)OC)[C@H](CCCCCCCCCCCCCCC)N1CCc1ccc(O)cc1. The molecule has 1 fully saturated rings. The summed E-state index contributed by atoms with van der Waals surface area (Å²) in [6, 6.07) is 6.97. The van der Waals surface area contributed by atoms with Gasteiger partial charge in [0.2, 0.25) is 0 Å². The standard InChI is InChI=1S/C47H81NO5/c1-4-6-8-10-12-14-16-18-20-21-23-25-27-29-31-42(50)39-44-46(51)45(47(52)53-3)43(48(44)38-37-40-33-35-41(49)36-34-40)32-30-28-26-24-22-19-17-15-13-11-9-7-5-2/h33-36,39,43,45-46,49,51H,4-32,37-38H2,1-3H3/b44-39+/t43-,45-,46-/m0/s1. The zero-order valence-corrected chi connectivity index (χ0v) is 34.6. The number of aliphatic hydroxyl groups is 1. The van der Waals surface area contributed by atoms with Gasteiger partial charge in [-0.1, -0.05) is 193 Å². The number of ketones is 1. The molecule has 2 rings (SSSR count). The summed E-state index contributed by atoms with van der Waals surface area (Å²) in [5.74, 6) is -0.865. The van der Waals surface area contributed by atoms with Gasteiger partial charge in [-0.05, 0) is 37.0 Å². The van der Waals surface area contributed by atoms with E-state index in [0.717, 1.165) is 44.1 Å². The van der Waals surface area contributed by atoms with E-state index in [-0.39, 0.29) is 17.6 Å². The zero-order valence-electron chi connectivity index (χ0n) is 34.6. The number of esters is 1. The number of hydrogen-bond donors (Lipinski definition) is 2. The summed E-state index contributed by atoms with van der Waals surface area (Å²) >= 11 is 0. The Kier molecular flexibility index (Phi) is 27.3. The summed E-state index contributed by atoms with van der Waals surface area (Å²) in [5.41, 5.74) is 1.63.